The van der Waals surface area contributed by atoms with Crippen LogP contribution in [0.1, 0.15) is 39.0 Å². The van der Waals surface area contributed by atoms with Crippen molar-refractivity contribution in [3.63, 3.8) is 0 Å². The largest absolute Gasteiger partial charge is 0.374 e. The number of nitrogens with zero attached hydrogens (tertiary/aromatic N) is 1. The fraction of sp³-hybridized carbons (Fsp3) is 1.00. The molecule has 3 aliphatic rings. The van der Waals surface area contributed by atoms with Crippen molar-refractivity contribution in [2.75, 3.05) is 26.2 Å². The van der Waals surface area contributed by atoms with Crippen LogP contribution in [0.25, 0.3) is 0 Å². The molecule has 0 amide bonds. The maximum atomic E-state index is 6.15. The van der Waals surface area contributed by atoms with Crippen LogP contribution in [0.4, 0.5) is 0 Å². The minimum atomic E-state index is 0.448. The first-order valence-corrected chi connectivity index (χ1v) is 7.47. The molecule has 3 fully saturated rings. The number of ether oxygens (including phenoxy) is 1. The lowest BCUT2D eigenvalue weighted by Crippen LogP contribution is -2.55. The Morgan fingerprint density at radius 3 is 3.00 bits per heavy atom. The Kier molecular flexibility index (Phi) is 3.69. The number of hydrogen-bond acceptors (Lipinski definition) is 3. The third kappa shape index (κ3) is 2.67. The second-order valence-electron chi connectivity index (χ2n) is 5.98. The van der Waals surface area contributed by atoms with Gasteiger partial charge in [-0.3, -0.25) is 4.90 Å². The van der Waals surface area contributed by atoms with E-state index in [0.717, 1.165) is 25.1 Å². The van der Waals surface area contributed by atoms with Gasteiger partial charge < -0.3 is 10.1 Å². The van der Waals surface area contributed by atoms with E-state index in [1.165, 1.54) is 45.2 Å². The molecule has 3 atom stereocenters. The van der Waals surface area contributed by atoms with Gasteiger partial charge in [-0.1, -0.05) is 6.92 Å². The lowest BCUT2D eigenvalue weighted by Gasteiger charge is -2.39. The van der Waals surface area contributed by atoms with E-state index in [-0.39, 0.29) is 0 Å². The highest BCUT2D eigenvalue weighted by molar-refractivity contribution is 4.96. The van der Waals surface area contributed by atoms with Crippen molar-refractivity contribution >= 4 is 0 Å². The van der Waals surface area contributed by atoms with Gasteiger partial charge in [0.1, 0.15) is 0 Å². The second kappa shape index (κ2) is 5.25. The summed E-state index contributed by atoms with van der Waals surface area (Å²) in [6.07, 6.45) is 7.21. The van der Waals surface area contributed by atoms with Gasteiger partial charge in [0, 0.05) is 18.6 Å². The number of morpholine rings is 1. The van der Waals surface area contributed by atoms with Crippen LogP contribution in [0.3, 0.4) is 0 Å². The molecule has 3 rings (SSSR count). The Morgan fingerprint density at radius 2 is 2.24 bits per heavy atom. The summed E-state index contributed by atoms with van der Waals surface area (Å²) < 4.78 is 6.15. The predicted molar refractivity (Wildman–Crippen MR) is 69.1 cm³/mol. The first kappa shape index (κ1) is 11.9. The third-order valence-corrected chi connectivity index (χ3v) is 4.58. The van der Waals surface area contributed by atoms with E-state index < -0.39 is 0 Å². The summed E-state index contributed by atoms with van der Waals surface area (Å²) in [5.74, 6) is 0.894. The van der Waals surface area contributed by atoms with Crippen LogP contribution >= 0.6 is 0 Å². The van der Waals surface area contributed by atoms with E-state index in [1.54, 1.807) is 0 Å². The van der Waals surface area contributed by atoms with Gasteiger partial charge in [0.05, 0.1) is 12.7 Å². The van der Waals surface area contributed by atoms with Crippen molar-refractivity contribution in [1.29, 1.82) is 0 Å². The lowest BCUT2D eigenvalue weighted by molar-refractivity contribution is -0.0677. The number of fused-ring (bicyclic) bond motifs is 1. The van der Waals surface area contributed by atoms with Crippen LogP contribution in [0, 0.1) is 5.92 Å². The molecule has 0 aromatic heterocycles. The SMILES string of the molecule is CCCNC(C1CC1)C1CN2CCCC2CO1. The first-order chi connectivity index (χ1) is 8.38. The molecule has 0 aromatic carbocycles. The van der Waals surface area contributed by atoms with Crippen LogP contribution in [0.2, 0.25) is 0 Å². The average Bonchev–Trinajstić information content (AvgIpc) is 3.07. The molecule has 0 aromatic rings. The lowest BCUT2D eigenvalue weighted by atomic mass is 10.0. The molecular formula is C14H26N2O. The van der Waals surface area contributed by atoms with Gasteiger partial charge in [-0.15, -0.1) is 0 Å². The molecule has 0 radical (unpaired) electrons. The van der Waals surface area contributed by atoms with Crippen molar-refractivity contribution in [3.8, 4) is 0 Å². The van der Waals surface area contributed by atoms with Crippen LogP contribution in [0.5, 0.6) is 0 Å². The summed E-state index contributed by atoms with van der Waals surface area (Å²) in [6, 6.07) is 1.36. The van der Waals surface area contributed by atoms with Gasteiger partial charge >= 0.3 is 0 Å². The molecule has 3 heteroatoms. The monoisotopic (exact) mass is 238 g/mol. The fourth-order valence-electron chi connectivity index (χ4n) is 3.43. The van der Waals surface area contributed by atoms with Gasteiger partial charge in [0.2, 0.25) is 0 Å². The van der Waals surface area contributed by atoms with Crippen molar-refractivity contribution in [2.45, 2.75) is 57.2 Å². The van der Waals surface area contributed by atoms with Gasteiger partial charge in [0.15, 0.2) is 0 Å². The highest BCUT2D eigenvalue weighted by Gasteiger charge is 2.41. The second-order valence-corrected chi connectivity index (χ2v) is 5.98. The van der Waals surface area contributed by atoms with E-state index in [9.17, 15) is 0 Å². The van der Waals surface area contributed by atoms with E-state index in [1.807, 2.05) is 0 Å². The minimum absolute atomic E-state index is 0.448. The fourth-order valence-corrected chi connectivity index (χ4v) is 3.43. The van der Waals surface area contributed by atoms with Gasteiger partial charge in [-0.05, 0) is 51.1 Å². The molecule has 98 valence electrons. The highest BCUT2D eigenvalue weighted by Crippen LogP contribution is 2.36. The predicted octanol–water partition coefficient (Wildman–Crippen LogP) is 1.63. The molecule has 1 aliphatic carbocycles. The zero-order valence-electron chi connectivity index (χ0n) is 11.0. The maximum Gasteiger partial charge on any atom is 0.0858 e. The summed E-state index contributed by atoms with van der Waals surface area (Å²) in [6.45, 7) is 6.83. The van der Waals surface area contributed by atoms with E-state index in [4.69, 9.17) is 4.74 Å². The third-order valence-electron chi connectivity index (χ3n) is 4.58. The van der Waals surface area contributed by atoms with Gasteiger partial charge in [-0.2, -0.15) is 0 Å². The van der Waals surface area contributed by atoms with Gasteiger partial charge in [-0.25, -0.2) is 0 Å². The zero-order valence-corrected chi connectivity index (χ0v) is 11.0. The molecule has 3 unspecified atom stereocenters. The van der Waals surface area contributed by atoms with Gasteiger partial charge in [0.25, 0.3) is 0 Å². The van der Waals surface area contributed by atoms with Crippen molar-refractivity contribution < 1.29 is 4.74 Å². The van der Waals surface area contributed by atoms with E-state index in [0.29, 0.717) is 12.1 Å². The standard InChI is InChI=1S/C14H26N2O/c1-2-7-15-14(11-5-6-11)13-9-16-8-3-4-12(16)10-17-13/h11-15H,2-10H2,1H3. The highest BCUT2D eigenvalue weighted by atomic mass is 16.5. The number of hydrogen-bond donors (Lipinski definition) is 1. The number of nitrogens with one attached hydrogen (secondary N) is 1. The molecule has 17 heavy (non-hydrogen) atoms. The first-order valence-electron chi connectivity index (χ1n) is 7.47. The summed E-state index contributed by atoms with van der Waals surface area (Å²) in [7, 11) is 0. The van der Waals surface area contributed by atoms with Crippen LogP contribution in [-0.4, -0.2) is 49.3 Å². The minimum Gasteiger partial charge on any atom is -0.374 e. The quantitative estimate of drug-likeness (QED) is 0.788. The van der Waals surface area contributed by atoms with Crippen LogP contribution in [0.15, 0.2) is 0 Å². The topological polar surface area (TPSA) is 24.5 Å². The average molecular weight is 238 g/mol. The molecule has 2 aliphatic heterocycles. The normalized spacial score (nSPS) is 35.8. The van der Waals surface area contributed by atoms with Crippen molar-refractivity contribution in [2.24, 2.45) is 5.92 Å². The van der Waals surface area contributed by atoms with E-state index in [2.05, 4.69) is 17.1 Å². The summed E-state index contributed by atoms with van der Waals surface area (Å²) in [5, 5.41) is 3.73. The van der Waals surface area contributed by atoms with Crippen LogP contribution < -0.4 is 5.32 Å². The van der Waals surface area contributed by atoms with Crippen molar-refractivity contribution in [3.05, 3.63) is 0 Å². The Balaban J connectivity index is 1.57. The van der Waals surface area contributed by atoms with E-state index >= 15 is 0 Å². The summed E-state index contributed by atoms with van der Waals surface area (Å²) in [5.41, 5.74) is 0. The molecule has 0 bridgehead atoms. The maximum absolute atomic E-state index is 6.15. The van der Waals surface area contributed by atoms with Crippen LogP contribution in [-0.2, 0) is 4.74 Å². The Bertz CT molecular complexity index is 255. The number of rotatable bonds is 5. The van der Waals surface area contributed by atoms with Crippen molar-refractivity contribution in [1.82, 2.24) is 10.2 Å². The summed E-state index contributed by atoms with van der Waals surface area (Å²) in [4.78, 5) is 2.66. The molecule has 0 spiro atoms. The Labute approximate surface area is 105 Å². The molecule has 3 nitrogen and oxygen atoms in total. The Morgan fingerprint density at radius 1 is 1.35 bits per heavy atom. The summed E-state index contributed by atoms with van der Waals surface area (Å²) >= 11 is 0. The molecule has 1 saturated carbocycles. The molecular weight excluding hydrogens is 212 g/mol. The smallest absolute Gasteiger partial charge is 0.0858 e. The molecule has 1 N–H and O–H groups in total. The molecule has 2 heterocycles. The molecule has 2 saturated heterocycles. The zero-order chi connectivity index (χ0) is 11.7. The Hall–Kier alpha value is -0.120.